The lowest BCUT2D eigenvalue weighted by molar-refractivity contribution is -0.123. The molecular formula is C10H15NO. The Labute approximate surface area is 72.5 Å². The van der Waals surface area contributed by atoms with E-state index in [0.717, 1.165) is 12.3 Å². The summed E-state index contributed by atoms with van der Waals surface area (Å²) in [7, 11) is 0. The minimum Gasteiger partial charge on any atom is -0.369 e. The topological polar surface area (TPSA) is 43.1 Å². The molecule has 2 bridgehead atoms. The average molecular weight is 165 g/mol. The van der Waals surface area contributed by atoms with Gasteiger partial charge in [0.05, 0.1) is 0 Å². The molecule has 1 spiro atoms. The number of hydrogen-bond acceptors (Lipinski definition) is 1. The number of carbonyl (C=O) groups excluding carboxylic acids is 1. The van der Waals surface area contributed by atoms with Crippen LogP contribution in [-0.2, 0) is 4.79 Å². The maximum atomic E-state index is 11.1. The molecule has 0 saturated heterocycles. The molecule has 12 heavy (non-hydrogen) atoms. The molecule has 0 radical (unpaired) electrons. The Morgan fingerprint density at radius 3 is 2.50 bits per heavy atom. The van der Waals surface area contributed by atoms with E-state index < -0.39 is 0 Å². The fraction of sp³-hybridized carbons (Fsp3) is 0.900. The predicted molar refractivity (Wildman–Crippen MR) is 45.2 cm³/mol. The van der Waals surface area contributed by atoms with Gasteiger partial charge in [-0.05, 0) is 49.4 Å². The summed E-state index contributed by atoms with van der Waals surface area (Å²) in [5.41, 5.74) is 6.02. The van der Waals surface area contributed by atoms with E-state index in [9.17, 15) is 4.79 Å². The summed E-state index contributed by atoms with van der Waals surface area (Å²) in [5.74, 6) is 1.75. The van der Waals surface area contributed by atoms with Crippen LogP contribution in [0.15, 0.2) is 0 Å². The number of hydrogen-bond donors (Lipinski definition) is 1. The van der Waals surface area contributed by atoms with Gasteiger partial charge in [-0.3, -0.25) is 4.79 Å². The number of rotatable bonds is 1. The second-order valence-electron chi connectivity index (χ2n) is 4.86. The molecule has 0 aliphatic heterocycles. The van der Waals surface area contributed by atoms with Crippen molar-refractivity contribution in [2.45, 2.75) is 32.1 Å². The monoisotopic (exact) mass is 165 g/mol. The van der Waals surface area contributed by atoms with Gasteiger partial charge in [-0.1, -0.05) is 0 Å². The maximum absolute atomic E-state index is 11.1. The van der Waals surface area contributed by atoms with Crippen LogP contribution in [0.25, 0.3) is 0 Å². The molecule has 0 aromatic carbocycles. The van der Waals surface area contributed by atoms with Crippen molar-refractivity contribution < 1.29 is 4.79 Å². The van der Waals surface area contributed by atoms with Crippen LogP contribution in [0.2, 0.25) is 0 Å². The van der Waals surface area contributed by atoms with Gasteiger partial charge in [0, 0.05) is 5.92 Å². The lowest BCUT2D eigenvalue weighted by Gasteiger charge is -2.18. The van der Waals surface area contributed by atoms with Crippen LogP contribution < -0.4 is 5.73 Å². The minimum absolute atomic E-state index is 0.0338. The highest BCUT2D eigenvalue weighted by Gasteiger charge is 2.65. The molecule has 1 unspecified atom stereocenters. The molecule has 3 aliphatic rings. The highest BCUT2D eigenvalue weighted by atomic mass is 16.1. The van der Waals surface area contributed by atoms with E-state index in [4.69, 9.17) is 5.73 Å². The van der Waals surface area contributed by atoms with Gasteiger partial charge >= 0.3 is 0 Å². The molecule has 1 amide bonds. The summed E-state index contributed by atoms with van der Waals surface area (Å²) >= 11 is 0. The first-order valence-electron chi connectivity index (χ1n) is 5.03. The molecule has 0 aromatic heterocycles. The van der Waals surface area contributed by atoms with E-state index in [-0.39, 0.29) is 11.8 Å². The average Bonchev–Trinajstić information content (AvgIpc) is 2.69. The van der Waals surface area contributed by atoms with Crippen LogP contribution in [-0.4, -0.2) is 5.91 Å². The third kappa shape index (κ3) is 0.606. The van der Waals surface area contributed by atoms with E-state index in [1.807, 2.05) is 0 Å². The van der Waals surface area contributed by atoms with E-state index in [2.05, 4.69) is 0 Å². The second kappa shape index (κ2) is 1.86. The van der Waals surface area contributed by atoms with Crippen LogP contribution in [0.1, 0.15) is 32.1 Å². The zero-order chi connectivity index (χ0) is 8.34. The van der Waals surface area contributed by atoms with Gasteiger partial charge in [0.2, 0.25) is 5.91 Å². The van der Waals surface area contributed by atoms with Crippen molar-refractivity contribution >= 4 is 5.91 Å². The third-order valence-corrected chi connectivity index (χ3v) is 4.59. The molecule has 2 N–H and O–H groups in total. The molecule has 3 rings (SSSR count). The number of amides is 1. The maximum Gasteiger partial charge on any atom is 0.220 e. The van der Waals surface area contributed by atoms with Crippen molar-refractivity contribution in [3.05, 3.63) is 0 Å². The largest absolute Gasteiger partial charge is 0.369 e. The lowest BCUT2D eigenvalue weighted by atomic mass is 9.87. The predicted octanol–water partition coefficient (Wildman–Crippen LogP) is 1.30. The summed E-state index contributed by atoms with van der Waals surface area (Å²) in [5, 5.41) is 0. The van der Waals surface area contributed by atoms with Crippen molar-refractivity contribution in [3.63, 3.8) is 0 Å². The molecule has 2 heteroatoms. The second-order valence-corrected chi connectivity index (χ2v) is 4.86. The minimum atomic E-state index is -0.0338. The van der Waals surface area contributed by atoms with Crippen molar-refractivity contribution in [3.8, 4) is 0 Å². The zero-order valence-corrected chi connectivity index (χ0v) is 7.25. The first-order valence-corrected chi connectivity index (χ1v) is 5.03. The van der Waals surface area contributed by atoms with E-state index in [1.54, 1.807) is 0 Å². The Morgan fingerprint density at radius 2 is 2.08 bits per heavy atom. The van der Waals surface area contributed by atoms with Crippen molar-refractivity contribution in [2.24, 2.45) is 28.9 Å². The number of nitrogens with two attached hydrogens (primary N) is 1. The van der Waals surface area contributed by atoms with Gasteiger partial charge < -0.3 is 5.73 Å². The van der Waals surface area contributed by atoms with Crippen LogP contribution >= 0.6 is 0 Å². The van der Waals surface area contributed by atoms with Crippen LogP contribution in [0, 0.1) is 23.2 Å². The third-order valence-electron chi connectivity index (χ3n) is 4.59. The molecule has 66 valence electrons. The molecule has 3 saturated carbocycles. The Kier molecular flexibility index (Phi) is 1.07. The van der Waals surface area contributed by atoms with Crippen LogP contribution in [0.5, 0.6) is 0 Å². The SMILES string of the molecule is NC(=O)C1C[C@H]2CC[C@@H]1C21CC1. The highest BCUT2D eigenvalue weighted by molar-refractivity contribution is 5.78. The van der Waals surface area contributed by atoms with E-state index >= 15 is 0 Å². The number of carbonyl (C=O) groups is 1. The molecule has 3 fully saturated rings. The molecule has 0 heterocycles. The standard InChI is InChI=1S/C10H15NO/c11-9(12)7-5-6-1-2-8(7)10(6)3-4-10/h6-8H,1-5H2,(H2,11,12)/t6-,7?,8+/m1/s1. The van der Waals surface area contributed by atoms with Crippen molar-refractivity contribution in [1.29, 1.82) is 0 Å². The van der Waals surface area contributed by atoms with Gasteiger partial charge in [-0.25, -0.2) is 0 Å². The van der Waals surface area contributed by atoms with Gasteiger partial charge in [0.25, 0.3) is 0 Å². The molecule has 3 aliphatic carbocycles. The smallest absolute Gasteiger partial charge is 0.220 e. The van der Waals surface area contributed by atoms with Crippen LogP contribution in [0.3, 0.4) is 0 Å². The summed E-state index contributed by atoms with van der Waals surface area (Å²) in [4.78, 5) is 11.1. The van der Waals surface area contributed by atoms with E-state index in [1.165, 1.54) is 25.7 Å². The first kappa shape index (κ1) is 6.93. The Hall–Kier alpha value is -0.530. The van der Waals surface area contributed by atoms with Crippen molar-refractivity contribution in [2.75, 3.05) is 0 Å². The Morgan fingerprint density at radius 1 is 1.33 bits per heavy atom. The number of primary amides is 1. The van der Waals surface area contributed by atoms with Gasteiger partial charge in [0.15, 0.2) is 0 Å². The van der Waals surface area contributed by atoms with Gasteiger partial charge in [-0.2, -0.15) is 0 Å². The van der Waals surface area contributed by atoms with Gasteiger partial charge in [0.1, 0.15) is 0 Å². The normalized spacial score (nSPS) is 46.8. The summed E-state index contributed by atoms with van der Waals surface area (Å²) in [6.07, 6.45) is 6.52. The fourth-order valence-electron chi connectivity index (χ4n) is 3.92. The first-order chi connectivity index (χ1) is 5.74. The summed E-state index contributed by atoms with van der Waals surface area (Å²) < 4.78 is 0. The quantitative estimate of drug-likeness (QED) is 0.625. The summed E-state index contributed by atoms with van der Waals surface area (Å²) in [6.45, 7) is 0. The Balaban J connectivity index is 1.92. The fourth-order valence-corrected chi connectivity index (χ4v) is 3.92. The zero-order valence-electron chi connectivity index (χ0n) is 7.25. The lowest BCUT2D eigenvalue weighted by Crippen LogP contribution is -2.28. The molecule has 3 atom stereocenters. The highest BCUT2D eigenvalue weighted by Crippen LogP contribution is 2.72. The molecule has 0 aromatic rings. The van der Waals surface area contributed by atoms with Crippen LogP contribution in [0.4, 0.5) is 0 Å². The Bertz CT molecular complexity index is 244. The van der Waals surface area contributed by atoms with Crippen molar-refractivity contribution in [1.82, 2.24) is 0 Å². The molecule has 2 nitrogen and oxygen atoms in total. The van der Waals surface area contributed by atoms with E-state index in [0.29, 0.717) is 11.3 Å². The summed E-state index contributed by atoms with van der Waals surface area (Å²) in [6, 6.07) is 0. The van der Waals surface area contributed by atoms with Gasteiger partial charge in [-0.15, -0.1) is 0 Å². The molecular weight excluding hydrogens is 150 g/mol.